The topological polar surface area (TPSA) is 41.6 Å². The smallest absolute Gasteiger partial charge is 0.230 e. The van der Waals surface area contributed by atoms with E-state index in [9.17, 15) is 4.79 Å². The Bertz CT molecular complexity index is 522. The van der Waals surface area contributed by atoms with Gasteiger partial charge in [-0.1, -0.05) is 24.6 Å². The van der Waals surface area contributed by atoms with Gasteiger partial charge in [0.05, 0.1) is 12.5 Å². The summed E-state index contributed by atoms with van der Waals surface area (Å²) >= 11 is 0. The van der Waals surface area contributed by atoms with E-state index in [1.165, 1.54) is 32.4 Å². The molecule has 134 valence electrons. The Kier molecular flexibility index (Phi) is 7.10. The highest BCUT2D eigenvalue weighted by Gasteiger charge is 2.32. The zero-order chi connectivity index (χ0) is 17.4. The van der Waals surface area contributed by atoms with Gasteiger partial charge in [0.1, 0.15) is 5.75 Å². The van der Waals surface area contributed by atoms with Crippen LogP contribution in [0.5, 0.6) is 5.75 Å². The van der Waals surface area contributed by atoms with Crippen molar-refractivity contribution in [3.05, 3.63) is 29.8 Å². The van der Waals surface area contributed by atoms with Crippen molar-refractivity contribution in [3.63, 3.8) is 0 Å². The summed E-state index contributed by atoms with van der Waals surface area (Å²) < 4.78 is 5.41. The van der Waals surface area contributed by atoms with E-state index < -0.39 is 5.41 Å². The molecule has 0 bridgehead atoms. The molecule has 0 atom stereocenters. The van der Waals surface area contributed by atoms with E-state index in [1.807, 2.05) is 38.1 Å². The molecule has 0 radical (unpaired) electrons. The number of benzene rings is 1. The standard InChI is InChI=1S/C20H32N2O2/c1-20(2,17-11-5-6-12-18(17)24-3)19(23)21-13-7-10-16-22-14-8-4-9-15-22/h5-6,11-12H,4,7-10,13-16H2,1-3H3,(H,21,23). The molecule has 1 aromatic carbocycles. The van der Waals surface area contributed by atoms with Crippen molar-refractivity contribution >= 4 is 5.91 Å². The molecule has 2 rings (SSSR count). The highest BCUT2D eigenvalue weighted by Crippen LogP contribution is 2.31. The zero-order valence-corrected chi connectivity index (χ0v) is 15.4. The minimum absolute atomic E-state index is 0.0602. The Morgan fingerprint density at radius 3 is 2.58 bits per heavy atom. The van der Waals surface area contributed by atoms with Crippen molar-refractivity contribution < 1.29 is 9.53 Å². The molecule has 1 N–H and O–H groups in total. The first-order chi connectivity index (χ1) is 11.6. The number of carbonyl (C=O) groups is 1. The highest BCUT2D eigenvalue weighted by atomic mass is 16.5. The molecule has 1 saturated heterocycles. The van der Waals surface area contributed by atoms with Gasteiger partial charge in [-0.15, -0.1) is 0 Å². The van der Waals surface area contributed by atoms with Crippen molar-refractivity contribution in [2.75, 3.05) is 33.3 Å². The van der Waals surface area contributed by atoms with Crippen LogP contribution >= 0.6 is 0 Å². The fourth-order valence-corrected chi connectivity index (χ4v) is 3.35. The Morgan fingerprint density at radius 1 is 1.17 bits per heavy atom. The number of likely N-dealkylation sites (tertiary alicyclic amines) is 1. The average molecular weight is 332 g/mol. The third kappa shape index (κ3) is 4.97. The number of hydrogen-bond acceptors (Lipinski definition) is 3. The van der Waals surface area contributed by atoms with E-state index >= 15 is 0 Å². The van der Waals surface area contributed by atoms with Crippen LogP contribution in [-0.4, -0.2) is 44.1 Å². The van der Waals surface area contributed by atoms with Gasteiger partial charge in [-0.05, 0) is 65.2 Å². The lowest BCUT2D eigenvalue weighted by atomic mass is 9.83. The van der Waals surface area contributed by atoms with Crippen molar-refractivity contribution in [2.45, 2.75) is 51.4 Å². The van der Waals surface area contributed by atoms with E-state index in [0.29, 0.717) is 0 Å². The van der Waals surface area contributed by atoms with Crippen molar-refractivity contribution in [2.24, 2.45) is 0 Å². The van der Waals surface area contributed by atoms with Crippen LogP contribution in [0, 0.1) is 0 Å². The minimum atomic E-state index is -0.598. The zero-order valence-electron chi connectivity index (χ0n) is 15.4. The first kappa shape index (κ1) is 18.8. The molecular weight excluding hydrogens is 300 g/mol. The summed E-state index contributed by atoms with van der Waals surface area (Å²) in [6.45, 7) is 8.29. The second-order valence-electron chi connectivity index (χ2n) is 7.19. The molecule has 1 amide bonds. The van der Waals surface area contributed by atoms with Gasteiger partial charge in [-0.3, -0.25) is 4.79 Å². The summed E-state index contributed by atoms with van der Waals surface area (Å²) in [5, 5.41) is 3.10. The Morgan fingerprint density at radius 2 is 1.88 bits per heavy atom. The van der Waals surface area contributed by atoms with E-state index in [4.69, 9.17) is 4.74 Å². The summed E-state index contributed by atoms with van der Waals surface area (Å²) in [6, 6.07) is 7.75. The number of hydrogen-bond donors (Lipinski definition) is 1. The monoisotopic (exact) mass is 332 g/mol. The molecule has 1 aliphatic heterocycles. The largest absolute Gasteiger partial charge is 0.496 e. The van der Waals surface area contributed by atoms with Crippen LogP contribution in [0.3, 0.4) is 0 Å². The SMILES string of the molecule is COc1ccccc1C(C)(C)C(=O)NCCCCN1CCCCC1. The lowest BCUT2D eigenvalue weighted by Crippen LogP contribution is -2.41. The number of para-hydroxylation sites is 1. The molecule has 1 heterocycles. The van der Waals surface area contributed by atoms with Crippen molar-refractivity contribution in [1.29, 1.82) is 0 Å². The molecule has 0 spiro atoms. The van der Waals surface area contributed by atoms with E-state index in [-0.39, 0.29) is 5.91 Å². The molecule has 4 nitrogen and oxygen atoms in total. The predicted molar refractivity (Wildman–Crippen MR) is 98.6 cm³/mol. The van der Waals surface area contributed by atoms with Crippen molar-refractivity contribution in [1.82, 2.24) is 10.2 Å². The third-order valence-corrected chi connectivity index (χ3v) is 4.98. The number of nitrogens with zero attached hydrogens (tertiary/aromatic N) is 1. The fraction of sp³-hybridized carbons (Fsp3) is 0.650. The van der Waals surface area contributed by atoms with Gasteiger partial charge in [0, 0.05) is 12.1 Å². The molecule has 1 aromatic rings. The lowest BCUT2D eigenvalue weighted by molar-refractivity contribution is -0.125. The Labute approximate surface area is 146 Å². The highest BCUT2D eigenvalue weighted by molar-refractivity contribution is 5.88. The lowest BCUT2D eigenvalue weighted by Gasteiger charge is -2.27. The Hall–Kier alpha value is -1.55. The minimum Gasteiger partial charge on any atom is -0.496 e. The van der Waals surface area contributed by atoms with Gasteiger partial charge in [-0.25, -0.2) is 0 Å². The number of unbranched alkanes of at least 4 members (excludes halogenated alkanes) is 1. The number of carbonyl (C=O) groups excluding carboxylic acids is 1. The van der Waals surface area contributed by atoms with Crippen LogP contribution in [0.2, 0.25) is 0 Å². The van der Waals surface area contributed by atoms with E-state index in [0.717, 1.165) is 37.2 Å². The molecule has 1 aliphatic rings. The number of amides is 1. The van der Waals surface area contributed by atoms with Gasteiger partial charge in [0.25, 0.3) is 0 Å². The Balaban J connectivity index is 1.76. The van der Waals surface area contributed by atoms with Crippen molar-refractivity contribution in [3.8, 4) is 5.75 Å². The molecule has 24 heavy (non-hydrogen) atoms. The number of nitrogens with one attached hydrogen (secondary N) is 1. The summed E-state index contributed by atoms with van der Waals surface area (Å²) in [5.41, 5.74) is 0.331. The molecule has 0 unspecified atom stereocenters. The third-order valence-electron chi connectivity index (χ3n) is 4.98. The van der Waals surface area contributed by atoms with Gasteiger partial charge in [-0.2, -0.15) is 0 Å². The second kappa shape index (κ2) is 9.07. The van der Waals surface area contributed by atoms with Gasteiger partial charge in [0.2, 0.25) is 5.91 Å². The molecule has 0 saturated carbocycles. The van der Waals surface area contributed by atoms with E-state index in [2.05, 4.69) is 10.2 Å². The summed E-state index contributed by atoms with van der Waals surface area (Å²) in [5.74, 6) is 0.827. The van der Waals surface area contributed by atoms with Crippen LogP contribution in [0.25, 0.3) is 0 Å². The molecular formula is C20H32N2O2. The normalized spacial score (nSPS) is 16.0. The van der Waals surface area contributed by atoms with Crippen LogP contribution < -0.4 is 10.1 Å². The predicted octanol–water partition coefficient (Wildman–Crippen LogP) is 3.36. The van der Waals surface area contributed by atoms with Gasteiger partial charge in [0.15, 0.2) is 0 Å². The summed E-state index contributed by atoms with van der Waals surface area (Å²) in [4.78, 5) is 15.2. The maximum absolute atomic E-state index is 12.6. The van der Waals surface area contributed by atoms with Crippen LogP contribution in [-0.2, 0) is 10.2 Å². The van der Waals surface area contributed by atoms with Gasteiger partial charge < -0.3 is 15.0 Å². The maximum Gasteiger partial charge on any atom is 0.230 e. The average Bonchev–Trinajstić information content (AvgIpc) is 2.62. The quantitative estimate of drug-likeness (QED) is 0.742. The summed E-state index contributed by atoms with van der Waals surface area (Å²) in [7, 11) is 1.65. The second-order valence-corrected chi connectivity index (χ2v) is 7.19. The van der Waals surface area contributed by atoms with Crippen LogP contribution in [0.4, 0.5) is 0 Å². The number of ether oxygens (including phenoxy) is 1. The van der Waals surface area contributed by atoms with E-state index in [1.54, 1.807) is 7.11 Å². The van der Waals surface area contributed by atoms with Crippen LogP contribution in [0.1, 0.15) is 51.5 Å². The number of piperidine rings is 1. The fourth-order valence-electron chi connectivity index (χ4n) is 3.35. The maximum atomic E-state index is 12.6. The molecule has 1 fully saturated rings. The number of methoxy groups -OCH3 is 1. The molecule has 0 aliphatic carbocycles. The van der Waals surface area contributed by atoms with Crippen LogP contribution in [0.15, 0.2) is 24.3 Å². The van der Waals surface area contributed by atoms with Gasteiger partial charge >= 0.3 is 0 Å². The first-order valence-electron chi connectivity index (χ1n) is 9.20. The number of rotatable bonds is 8. The molecule has 4 heteroatoms. The molecule has 0 aromatic heterocycles. The first-order valence-corrected chi connectivity index (χ1v) is 9.20. The summed E-state index contributed by atoms with van der Waals surface area (Å²) in [6.07, 6.45) is 6.23.